The molecule has 0 aliphatic carbocycles. The summed E-state index contributed by atoms with van der Waals surface area (Å²) in [7, 11) is 0. The van der Waals surface area contributed by atoms with Gasteiger partial charge >= 0.3 is 0 Å². The summed E-state index contributed by atoms with van der Waals surface area (Å²) in [6, 6.07) is 7.19. The minimum absolute atomic E-state index is 0.152. The third kappa shape index (κ3) is 3.32. The molecule has 5 rings (SSSR count). The molecule has 3 amide bonds. The Balaban J connectivity index is 1.45. The van der Waals surface area contributed by atoms with Gasteiger partial charge in [-0.25, -0.2) is 4.39 Å². The van der Waals surface area contributed by atoms with E-state index in [-0.39, 0.29) is 40.9 Å². The molecular weight excluding hydrogens is 423 g/mol. The number of hydrogen-bond donors (Lipinski definition) is 0. The van der Waals surface area contributed by atoms with Gasteiger partial charge in [-0.1, -0.05) is 11.6 Å². The number of hydrogen-bond acceptors (Lipinski definition) is 4. The van der Waals surface area contributed by atoms with Crippen LogP contribution in [0, 0.1) is 5.82 Å². The third-order valence-electron chi connectivity index (χ3n) is 6.13. The first kappa shape index (κ1) is 20.2. The van der Waals surface area contributed by atoms with E-state index in [1.165, 1.54) is 40.1 Å². The second-order valence-corrected chi connectivity index (χ2v) is 8.44. The van der Waals surface area contributed by atoms with Crippen LogP contribution in [0.1, 0.15) is 55.9 Å². The van der Waals surface area contributed by atoms with Crippen molar-refractivity contribution in [3.8, 4) is 0 Å². The summed E-state index contributed by atoms with van der Waals surface area (Å²) in [4.78, 5) is 41.4. The van der Waals surface area contributed by atoms with Gasteiger partial charge in [-0.05, 0) is 61.6 Å². The Morgan fingerprint density at radius 3 is 2.71 bits per heavy atom. The summed E-state index contributed by atoms with van der Waals surface area (Å²) >= 11 is 6.23. The minimum atomic E-state index is -0.511. The van der Waals surface area contributed by atoms with Crippen molar-refractivity contribution >= 4 is 35.0 Å². The molecule has 0 bridgehead atoms. The normalized spacial score (nSPS) is 20.3. The fourth-order valence-electron chi connectivity index (χ4n) is 4.58. The first-order chi connectivity index (χ1) is 15.0. The van der Waals surface area contributed by atoms with Crippen molar-refractivity contribution in [1.82, 2.24) is 4.90 Å². The van der Waals surface area contributed by atoms with Crippen LogP contribution in [0.3, 0.4) is 0 Å². The van der Waals surface area contributed by atoms with Gasteiger partial charge in [0.25, 0.3) is 17.7 Å². The van der Waals surface area contributed by atoms with Crippen LogP contribution in [0.25, 0.3) is 0 Å². The Bertz CT molecular complexity index is 1110. The largest absolute Gasteiger partial charge is 0.376 e. The van der Waals surface area contributed by atoms with Gasteiger partial charge in [-0.15, -0.1) is 0 Å². The van der Waals surface area contributed by atoms with Gasteiger partial charge in [0.2, 0.25) is 0 Å². The molecule has 160 valence electrons. The smallest absolute Gasteiger partial charge is 0.261 e. The summed E-state index contributed by atoms with van der Waals surface area (Å²) in [6.45, 7) is 1.18. The highest BCUT2D eigenvalue weighted by Gasteiger charge is 2.38. The van der Waals surface area contributed by atoms with Crippen LogP contribution in [0.15, 0.2) is 30.3 Å². The number of amides is 3. The molecule has 3 aliphatic rings. The molecule has 3 aliphatic heterocycles. The maximum Gasteiger partial charge on any atom is 0.261 e. The lowest BCUT2D eigenvalue weighted by atomic mass is 9.99. The van der Waals surface area contributed by atoms with Gasteiger partial charge < -0.3 is 9.64 Å². The van der Waals surface area contributed by atoms with Crippen molar-refractivity contribution in [2.75, 3.05) is 24.6 Å². The van der Waals surface area contributed by atoms with E-state index < -0.39 is 17.6 Å². The second kappa shape index (κ2) is 7.73. The fourth-order valence-corrected chi connectivity index (χ4v) is 4.83. The van der Waals surface area contributed by atoms with E-state index in [0.717, 1.165) is 12.8 Å². The Kier molecular flexibility index (Phi) is 5.02. The summed E-state index contributed by atoms with van der Waals surface area (Å²) < 4.78 is 20.1. The second-order valence-electron chi connectivity index (χ2n) is 8.03. The number of anilines is 1. The van der Waals surface area contributed by atoms with Gasteiger partial charge in [0.05, 0.1) is 29.5 Å². The number of imide groups is 1. The molecule has 0 radical (unpaired) electrons. The molecule has 6 nitrogen and oxygen atoms in total. The first-order valence-electron chi connectivity index (χ1n) is 10.4. The highest BCUT2D eigenvalue weighted by Crippen LogP contribution is 2.36. The zero-order valence-corrected chi connectivity index (χ0v) is 17.5. The number of carbonyl (C=O) groups is 3. The molecule has 0 saturated carbocycles. The van der Waals surface area contributed by atoms with Crippen molar-refractivity contribution in [1.29, 1.82) is 0 Å². The number of nitrogens with zero attached hydrogens (tertiary/aromatic N) is 2. The van der Waals surface area contributed by atoms with Crippen LogP contribution >= 0.6 is 11.6 Å². The first-order valence-corrected chi connectivity index (χ1v) is 10.7. The van der Waals surface area contributed by atoms with Crippen molar-refractivity contribution in [3.63, 3.8) is 0 Å². The van der Waals surface area contributed by atoms with Crippen LogP contribution in [0.5, 0.6) is 0 Å². The fraction of sp³-hybridized carbons (Fsp3) is 0.348. The van der Waals surface area contributed by atoms with Crippen LogP contribution in [-0.2, 0) is 11.2 Å². The quantitative estimate of drug-likeness (QED) is 0.677. The molecule has 1 saturated heterocycles. The Morgan fingerprint density at radius 2 is 1.94 bits per heavy atom. The third-order valence-corrected chi connectivity index (χ3v) is 6.48. The molecule has 2 aromatic rings. The molecule has 0 aromatic heterocycles. The number of benzene rings is 2. The molecule has 8 heteroatoms. The van der Waals surface area contributed by atoms with Crippen LogP contribution in [0.4, 0.5) is 10.1 Å². The molecule has 2 aromatic carbocycles. The summed E-state index contributed by atoms with van der Waals surface area (Å²) in [6.07, 6.45) is 2.80. The van der Waals surface area contributed by atoms with Crippen molar-refractivity contribution < 1.29 is 23.5 Å². The van der Waals surface area contributed by atoms with Crippen molar-refractivity contribution in [2.24, 2.45) is 0 Å². The van der Waals surface area contributed by atoms with Gasteiger partial charge in [-0.3, -0.25) is 19.3 Å². The zero-order chi connectivity index (χ0) is 21.7. The summed E-state index contributed by atoms with van der Waals surface area (Å²) in [5.74, 6) is -1.75. The van der Waals surface area contributed by atoms with Crippen LogP contribution in [-0.4, -0.2) is 48.4 Å². The predicted octanol–water partition coefficient (Wildman–Crippen LogP) is 3.85. The Morgan fingerprint density at radius 1 is 1.13 bits per heavy atom. The molecule has 0 N–H and O–H groups in total. The lowest BCUT2D eigenvalue weighted by molar-refractivity contribution is 0.0475. The van der Waals surface area contributed by atoms with E-state index >= 15 is 0 Å². The van der Waals surface area contributed by atoms with Gasteiger partial charge in [0.15, 0.2) is 0 Å². The average Bonchev–Trinajstić information content (AvgIpc) is 3.38. The minimum Gasteiger partial charge on any atom is -0.376 e. The van der Waals surface area contributed by atoms with E-state index in [1.54, 1.807) is 0 Å². The molecule has 1 fully saturated rings. The lowest BCUT2D eigenvalue weighted by Gasteiger charge is -2.30. The molecule has 1 unspecified atom stereocenters. The van der Waals surface area contributed by atoms with Gasteiger partial charge in [-0.2, -0.15) is 0 Å². The Hall–Kier alpha value is -2.77. The number of carbonyl (C=O) groups excluding carboxylic acids is 3. The van der Waals surface area contributed by atoms with E-state index in [0.29, 0.717) is 36.6 Å². The van der Waals surface area contributed by atoms with Crippen molar-refractivity contribution in [3.05, 3.63) is 63.4 Å². The number of rotatable bonds is 3. The van der Waals surface area contributed by atoms with E-state index in [1.807, 2.05) is 0 Å². The van der Waals surface area contributed by atoms with Crippen LogP contribution < -0.4 is 4.90 Å². The Labute approximate surface area is 183 Å². The molecular formula is C23H20ClFN2O4. The number of fused-ring (bicyclic) bond motifs is 2. The van der Waals surface area contributed by atoms with Crippen LogP contribution in [0.2, 0.25) is 5.02 Å². The number of halogens is 2. The highest BCUT2D eigenvalue weighted by molar-refractivity contribution is 6.32. The molecule has 3 heterocycles. The highest BCUT2D eigenvalue weighted by atomic mass is 35.5. The van der Waals surface area contributed by atoms with Crippen molar-refractivity contribution in [2.45, 2.75) is 31.8 Å². The lowest BCUT2D eigenvalue weighted by Crippen LogP contribution is -2.37. The topological polar surface area (TPSA) is 66.9 Å². The number of ether oxygens (including phenoxy) is 1. The molecule has 1 atom stereocenters. The SMILES string of the molecule is O=C1c2ccc(C(=O)N3CCCc4c(Cl)ccc(F)c43)cc2C(=O)N1CC1CCCO1. The maximum atomic E-state index is 14.6. The van der Waals surface area contributed by atoms with E-state index in [9.17, 15) is 18.8 Å². The maximum absolute atomic E-state index is 14.6. The predicted molar refractivity (Wildman–Crippen MR) is 112 cm³/mol. The standard InChI is InChI=1S/C23H20ClFN2O4/c24-18-7-8-19(25)20-16(18)4-1-9-26(20)21(28)13-5-6-15-17(11-13)23(30)27(22(15)29)12-14-3-2-10-31-14/h5-8,11,14H,1-4,9-10,12H2. The van der Waals surface area contributed by atoms with Gasteiger partial charge in [0, 0.05) is 23.7 Å². The summed E-state index contributed by atoms with van der Waals surface area (Å²) in [5, 5.41) is 0.424. The van der Waals surface area contributed by atoms with E-state index in [4.69, 9.17) is 16.3 Å². The van der Waals surface area contributed by atoms with E-state index in [2.05, 4.69) is 0 Å². The monoisotopic (exact) mass is 442 g/mol. The van der Waals surface area contributed by atoms with Gasteiger partial charge in [0.1, 0.15) is 5.82 Å². The summed E-state index contributed by atoms with van der Waals surface area (Å²) in [5.41, 5.74) is 1.49. The average molecular weight is 443 g/mol. The molecule has 0 spiro atoms. The zero-order valence-electron chi connectivity index (χ0n) is 16.7. The molecule has 31 heavy (non-hydrogen) atoms.